The van der Waals surface area contributed by atoms with Gasteiger partial charge in [0.15, 0.2) is 0 Å². The number of benzene rings is 2. The lowest BCUT2D eigenvalue weighted by molar-refractivity contribution is -0.142. The van der Waals surface area contributed by atoms with E-state index in [-0.39, 0.29) is 23.8 Å². The second-order valence-electron chi connectivity index (χ2n) is 11.2. The van der Waals surface area contributed by atoms with Gasteiger partial charge in [-0.25, -0.2) is 9.40 Å². The van der Waals surface area contributed by atoms with Crippen LogP contribution in [-0.2, 0) is 14.3 Å². The van der Waals surface area contributed by atoms with Gasteiger partial charge in [-0.05, 0) is 17.5 Å². The van der Waals surface area contributed by atoms with Crippen molar-refractivity contribution in [1.29, 1.82) is 0 Å². The number of nitrogens with zero attached hydrogens (tertiary/aromatic N) is 4. The Morgan fingerprint density at radius 2 is 1.79 bits per heavy atom. The van der Waals surface area contributed by atoms with E-state index in [2.05, 4.69) is 10.0 Å². The maximum atomic E-state index is 14.7. The molecule has 1 atom stereocenters. The zero-order valence-electron chi connectivity index (χ0n) is 23.4. The normalized spacial score (nSPS) is 18.1. The Labute approximate surface area is 230 Å². The van der Waals surface area contributed by atoms with Gasteiger partial charge in [0, 0.05) is 50.1 Å². The highest BCUT2D eigenvalue weighted by molar-refractivity contribution is 6.03. The van der Waals surface area contributed by atoms with E-state index in [0.29, 0.717) is 56.2 Å². The molecule has 2 aliphatic heterocycles. The van der Waals surface area contributed by atoms with E-state index in [1.165, 1.54) is 11.1 Å². The molecule has 2 aromatic rings. The first-order chi connectivity index (χ1) is 18.7. The van der Waals surface area contributed by atoms with Gasteiger partial charge >= 0.3 is 0 Å². The van der Waals surface area contributed by atoms with Crippen molar-refractivity contribution in [1.82, 2.24) is 14.8 Å². The topological polar surface area (TPSA) is 74.7 Å². The third-order valence-corrected chi connectivity index (χ3v) is 7.00. The standard InChI is InChI=1S/C30H39FN4O4/c1-30(2,3)20-28(36)34(14-13-33-15-17-39-18-16-33)21-29(37)35-26(23-10-6-8-12-27(23)38-4)19-25(32-35)22-9-5-7-11-24(22)31/h5-12,26H,13-21H2,1-4H3/t26-/m1/s1. The number of hydrazone groups is 1. The Balaban J connectivity index is 1.61. The van der Waals surface area contributed by atoms with Crippen molar-refractivity contribution in [2.45, 2.75) is 39.7 Å². The zero-order valence-corrected chi connectivity index (χ0v) is 23.4. The molecule has 2 amide bonds. The minimum Gasteiger partial charge on any atom is -0.496 e. The number of amides is 2. The van der Waals surface area contributed by atoms with Crippen LogP contribution in [-0.4, -0.2) is 85.4 Å². The number of methoxy groups -OCH3 is 1. The van der Waals surface area contributed by atoms with Crippen LogP contribution in [0.4, 0.5) is 4.39 Å². The second kappa shape index (κ2) is 12.7. The maximum absolute atomic E-state index is 14.7. The predicted molar refractivity (Wildman–Crippen MR) is 148 cm³/mol. The molecule has 0 bridgehead atoms. The fourth-order valence-corrected chi connectivity index (χ4v) is 4.96. The van der Waals surface area contributed by atoms with Crippen molar-refractivity contribution in [2.24, 2.45) is 10.5 Å². The molecule has 210 valence electrons. The number of carbonyl (C=O) groups is 2. The van der Waals surface area contributed by atoms with E-state index < -0.39 is 11.9 Å². The second-order valence-corrected chi connectivity index (χ2v) is 11.2. The van der Waals surface area contributed by atoms with Crippen molar-refractivity contribution < 1.29 is 23.5 Å². The zero-order chi connectivity index (χ0) is 28.0. The minimum absolute atomic E-state index is 0.0737. The summed E-state index contributed by atoms with van der Waals surface area (Å²) in [4.78, 5) is 31.1. The quantitative estimate of drug-likeness (QED) is 0.481. The molecule has 1 fully saturated rings. The molecular formula is C30H39FN4O4. The number of ether oxygens (including phenoxy) is 2. The van der Waals surface area contributed by atoms with Crippen LogP contribution in [0.25, 0.3) is 0 Å². The maximum Gasteiger partial charge on any atom is 0.262 e. The number of hydrogen-bond donors (Lipinski definition) is 0. The lowest BCUT2D eigenvalue weighted by atomic mass is 9.91. The van der Waals surface area contributed by atoms with Gasteiger partial charge in [0.2, 0.25) is 5.91 Å². The largest absolute Gasteiger partial charge is 0.496 e. The lowest BCUT2D eigenvalue weighted by Crippen LogP contribution is -2.47. The van der Waals surface area contributed by atoms with Crippen LogP contribution in [0.15, 0.2) is 53.6 Å². The predicted octanol–water partition coefficient (Wildman–Crippen LogP) is 4.11. The van der Waals surface area contributed by atoms with Gasteiger partial charge in [0.1, 0.15) is 18.1 Å². The van der Waals surface area contributed by atoms with E-state index >= 15 is 0 Å². The molecule has 0 N–H and O–H groups in total. The highest BCUT2D eigenvalue weighted by Crippen LogP contribution is 2.37. The number of para-hydroxylation sites is 1. The van der Waals surface area contributed by atoms with Gasteiger partial charge in [-0.2, -0.15) is 5.10 Å². The van der Waals surface area contributed by atoms with E-state index in [9.17, 15) is 14.0 Å². The van der Waals surface area contributed by atoms with E-state index in [0.717, 1.165) is 18.7 Å². The van der Waals surface area contributed by atoms with Gasteiger partial charge in [0.05, 0.1) is 32.1 Å². The van der Waals surface area contributed by atoms with Gasteiger partial charge in [-0.1, -0.05) is 57.2 Å². The summed E-state index contributed by atoms with van der Waals surface area (Å²) in [6.45, 7) is 9.93. The summed E-state index contributed by atoms with van der Waals surface area (Å²) < 4.78 is 25.8. The van der Waals surface area contributed by atoms with Crippen LogP contribution >= 0.6 is 0 Å². The van der Waals surface area contributed by atoms with Crippen LogP contribution in [0.1, 0.15) is 50.8 Å². The van der Waals surface area contributed by atoms with Crippen LogP contribution < -0.4 is 4.74 Å². The summed E-state index contributed by atoms with van der Waals surface area (Å²) in [6.07, 6.45) is 0.653. The van der Waals surface area contributed by atoms with Crippen LogP contribution in [0.5, 0.6) is 5.75 Å². The van der Waals surface area contributed by atoms with E-state index in [4.69, 9.17) is 9.47 Å². The van der Waals surface area contributed by atoms with E-state index in [1.807, 2.05) is 45.0 Å². The van der Waals surface area contributed by atoms with Crippen LogP contribution in [0.3, 0.4) is 0 Å². The van der Waals surface area contributed by atoms with Crippen molar-refractivity contribution in [3.05, 3.63) is 65.5 Å². The SMILES string of the molecule is COc1ccccc1[C@H]1CC(c2ccccc2F)=NN1C(=O)CN(CCN1CCOCC1)C(=O)CC(C)(C)C. The van der Waals surface area contributed by atoms with Crippen molar-refractivity contribution >= 4 is 17.5 Å². The van der Waals surface area contributed by atoms with Gasteiger partial charge in [0.25, 0.3) is 5.91 Å². The first-order valence-corrected chi connectivity index (χ1v) is 13.5. The monoisotopic (exact) mass is 538 g/mol. The molecule has 39 heavy (non-hydrogen) atoms. The Morgan fingerprint density at radius 3 is 2.49 bits per heavy atom. The molecule has 0 unspecified atom stereocenters. The summed E-state index contributed by atoms with van der Waals surface area (Å²) in [5, 5.41) is 6.04. The van der Waals surface area contributed by atoms with Gasteiger partial charge in [-0.3, -0.25) is 14.5 Å². The molecule has 2 aromatic carbocycles. The highest BCUT2D eigenvalue weighted by Gasteiger charge is 2.36. The summed E-state index contributed by atoms with van der Waals surface area (Å²) in [5.74, 6) is -0.160. The number of halogens is 1. The van der Waals surface area contributed by atoms with Crippen molar-refractivity contribution in [3.63, 3.8) is 0 Å². The summed E-state index contributed by atoms with van der Waals surface area (Å²) in [5.41, 5.74) is 1.41. The summed E-state index contributed by atoms with van der Waals surface area (Å²) >= 11 is 0. The fraction of sp³-hybridized carbons (Fsp3) is 0.500. The van der Waals surface area contributed by atoms with Gasteiger partial charge in [-0.15, -0.1) is 0 Å². The van der Waals surface area contributed by atoms with Gasteiger partial charge < -0.3 is 14.4 Å². The highest BCUT2D eigenvalue weighted by atomic mass is 19.1. The summed E-state index contributed by atoms with van der Waals surface area (Å²) in [6, 6.07) is 13.4. The average molecular weight is 539 g/mol. The molecular weight excluding hydrogens is 499 g/mol. The molecule has 8 nitrogen and oxygen atoms in total. The minimum atomic E-state index is -0.484. The van der Waals surface area contributed by atoms with Crippen molar-refractivity contribution in [2.75, 3.05) is 53.0 Å². The third-order valence-electron chi connectivity index (χ3n) is 7.00. The molecule has 0 aromatic heterocycles. The molecule has 4 rings (SSSR count). The Morgan fingerprint density at radius 1 is 1.10 bits per heavy atom. The first-order valence-electron chi connectivity index (χ1n) is 13.5. The Hall–Kier alpha value is -3.30. The molecule has 2 aliphatic rings. The number of hydrogen-bond acceptors (Lipinski definition) is 6. The van der Waals surface area contributed by atoms with E-state index in [1.54, 1.807) is 30.2 Å². The Bertz CT molecular complexity index is 1190. The molecule has 9 heteroatoms. The molecule has 0 radical (unpaired) electrons. The number of carbonyl (C=O) groups excluding carboxylic acids is 2. The first kappa shape index (κ1) is 28.7. The number of morpholine rings is 1. The van der Waals surface area contributed by atoms with Crippen molar-refractivity contribution in [3.8, 4) is 5.75 Å². The Kier molecular flexibility index (Phi) is 9.35. The van der Waals surface area contributed by atoms with Crippen LogP contribution in [0, 0.1) is 11.2 Å². The third kappa shape index (κ3) is 7.42. The smallest absolute Gasteiger partial charge is 0.262 e. The lowest BCUT2D eigenvalue weighted by Gasteiger charge is -2.32. The molecule has 0 aliphatic carbocycles. The average Bonchev–Trinajstić information content (AvgIpc) is 3.36. The number of rotatable bonds is 9. The molecule has 2 heterocycles. The molecule has 1 saturated heterocycles. The molecule has 0 spiro atoms. The summed E-state index contributed by atoms with van der Waals surface area (Å²) in [7, 11) is 1.58. The fourth-order valence-electron chi connectivity index (χ4n) is 4.96. The molecule has 0 saturated carbocycles. The van der Waals surface area contributed by atoms with Crippen LogP contribution in [0.2, 0.25) is 0 Å².